The average Bonchev–Trinajstić information content (AvgIpc) is 2.88. The van der Waals surface area contributed by atoms with Gasteiger partial charge in [-0.3, -0.25) is 15.0 Å². The van der Waals surface area contributed by atoms with Crippen molar-refractivity contribution in [1.29, 1.82) is 5.26 Å². The van der Waals surface area contributed by atoms with E-state index >= 15 is 0 Å². The van der Waals surface area contributed by atoms with Crippen LogP contribution in [0.15, 0.2) is 42.5 Å². The van der Waals surface area contributed by atoms with Crippen molar-refractivity contribution in [2.45, 2.75) is 19.9 Å². The summed E-state index contributed by atoms with van der Waals surface area (Å²) in [4.78, 5) is 15.4. The van der Waals surface area contributed by atoms with E-state index in [1.165, 1.54) is 0 Å². The Balaban J connectivity index is 1.71. The van der Waals surface area contributed by atoms with Crippen molar-refractivity contribution in [2.24, 2.45) is 0 Å². The molecule has 0 spiro atoms. The minimum atomic E-state index is -0.318. The Morgan fingerprint density at radius 1 is 1.12 bits per heavy atom. The number of para-hydroxylation sites is 1. The molecule has 0 aromatic heterocycles. The monoisotopic (exact) mass is 350 g/mol. The van der Waals surface area contributed by atoms with Crippen LogP contribution in [-0.2, 0) is 6.54 Å². The molecular weight excluding hydrogens is 328 g/mol. The number of nitrogens with zero attached hydrogens (tertiary/aromatic N) is 4. The van der Waals surface area contributed by atoms with Gasteiger partial charge in [-0.25, -0.2) is 0 Å². The summed E-state index contributed by atoms with van der Waals surface area (Å²) >= 11 is 0. The lowest BCUT2D eigenvalue weighted by molar-refractivity contribution is -0.385. The largest absolute Gasteiger partial charge is 0.369 e. The zero-order valence-corrected chi connectivity index (χ0v) is 14.9. The van der Waals surface area contributed by atoms with E-state index < -0.39 is 0 Å². The third-order valence-electron chi connectivity index (χ3n) is 4.96. The summed E-state index contributed by atoms with van der Waals surface area (Å²) in [7, 11) is 0. The first kappa shape index (κ1) is 17.9. The molecule has 2 aromatic rings. The van der Waals surface area contributed by atoms with Gasteiger partial charge in [0.05, 0.1) is 16.2 Å². The van der Waals surface area contributed by atoms with Crippen LogP contribution in [0.4, 0.5) is 11.4 Å². The van der Waals surface area contributed by atoms with Gasteiger partial charge < -0.3 is 4.90 Å². The molecule has 1 fully saturated rings. The Bertz CT molecular complexity index is 844. The van der Waals surface area contributed by atoms with E-state index in [1.54, 1.807) is 12.1 Å². The second kappa shape index (κ2) is 7.98. The molecule has 0 amide bonds. The fourth-order valence-corrected chi connectivity index (χ4v) is 3.49. The highest BCUT2D eigenvalue weighted by Gasteiger charge is 2.19. The Labute approximate surface area is 153 Å². The highest BCUT2D eigenvalue weighted by atomic mass is 16.6. The summed E-state index contributed by atoms with van der Waals surface area (Å²) in [6.07, 6.45) is 0.994. The SMILES string of the molecule is Cc1c(CN2CCCN(c3ccccc3C#N)CC2)cccc1[N+](=O)[O-]. The van der Waals surface area contributed by atoms with Crippen LogP contribution in [0.3, 0.4) is 0 Å². The van der Waals surface area contributed by atoms with Crippen LogP contribution in [0.25, 0.3) is 0 Å². The second-order valence-electron chi connectivity index (χ2n) is 6.56. The first-order valence-corrected chi connectivity index (χ1v) is 8.79. The fraction of sp³-hybridized carbons (Fsp3) is 0.350. The molecule has 0 radical (unpaired) electrons. The lowest BCUT2D eigenvalue weighted by Crippen LogP contribution is -2.31. The lowest BCUT2D eigenvalue weighted by atomic mass is 10.1. The van der Waals surface area contributed by atoms with Gasteiger partial charge in [-0.1, -0.05) is 24.3 Å². The summed E-state index contributed by atoms with van der Waals surface area (Å²) in [6.45, 7) is 6.08. The molecule has 1 aliphatic rings. The standard InChI is InChI=1S/C20H22N4O2/c1-16-18(7-4-9-19(16)24(25)26)15-22-10-5-11-23(13-12-22)20-8-3-2-6-17(20)14-21/h2-4,6-9H,5,10-13,15H2,1H3. The zero-order chi connectivity index (χ0) is 18.5. The van der Waals surface area contributed by atoms with E-state index in [4.69, 9.17) is 0 Å². The predicted molar refractivity (Wildman–Crippen MR) is 101 cm³/mol. The number of rotatable bonds is 4. The van der Waals surface area contributed by atoms with Crippen molar-refractivity contribution in [3.63, 3.8) is 0 Å². The third-order valence-corrected chi connectivity index (χ3v) is 4.96. The van der Waals surface area contributed by atoms with E-state index in [0.717, 1.165) is 49.4 Å². The molecule has 0 N–H and O–H groups in total. The molecule has 134 valence electrons. The van der Waals surface area contributed by atoms with Crippen molar-refractivity contribution in [1.82, 2.24) is 4.90 Å². The number of hydrogen-bond acceptors (Lipinski definition) is 5. The van der Waals surface area contributed by atoms with Gasteiger partial charge >= 0.3 is 0 Å². The first-order chi connectivity index (χ1) is 12.6. The minimum Gasteiger partial charge on any atom is -0.369 e. The number of hydrogen-bond donors (Lipinski definition) is 0. The molecule has 1 saturated heterocycles. The quantitative estimate of drug-likeness (QED) is 0.623. The molecule has 26 heavy (non-hydrogen) atoms. The Kier molecular flexibility index (Phi) is 5.49. The van der Waals surface area contributed by atoms with Gasteiger partial charge in [-0.15, -0.1) is 0 Å². The second-order valence-corrected chi connectivity index (χ2v) is 6.56. The van der Waals surface area contributed by atoms with E-state index in [0.29, 0.717) is 12.1 Å². The van der Waals surface area contributed by atoms with Crippen molar-refractivity contribution in [3.05, 3.63) is 69.3 Å². The van der Waals surface area contributed by atoms with E-state index in [2.05, 4.69) is 15.9 Å². The molecule has 0 aliphatic carbocycles. The summed E-state index contributed by atoms with van der Waals surface area (Å²) in [5.41, 5.74) is 3.62. The number of nitro benzene ring substituents is 1. The Morgan fingerprint density at radius 2 is 1.92 bits per heavy atom. The van der Waals surface area contributed by atoms with E-state index in [-0.39, 0.29) is 10.6 Å². The van der Waals surface area contributed by atoms with E-state index in [1.807, 2.05) is 37.3 Å². The summed E-state index contributed by atoms with van der Waals surface area (Å²) in [6, 6.07) is 15.3. The molecule has 1 aliphatic heterocycles. The first-order valence-electron chi connectivity index (χ1n) is 8.79. The zero-order valence-electron chi connectivity index (χ0n) is 14.9. The molecule has 1 heterocycles. The molecule has 2 aromatic carbocycles. The highest BCUT2D eigenvalue weighted by molar-refractivity contribution is 5.59. The van der Waals surface area contributed by atoms with Gasteiger partial charge in [0.25, 0.3) is 5.69 Å². The van der Waals surface area contributed by atoms with Gasteiger partial charge in [-0.2, -0.15) is 5.26 Å². The van der Waals surface area contributed by atoms with Crippen LogP contribution in [-0.4, -0.2) is 36.0 Å². The van der Waals surface area contributed by atoms with Crippen molar-refractivity contribution in [3.8, 4) is 6.07 Å². The molecule has 0 saturated carbocycles. The predicted octanol–water partition coefficient (Wildman–Crippen LogP) is 3.49. The number of nitro groups is 1. The van der Waals surface area contributed by atoms with Gasteiger partial charge in [0.15, 0.2) is 0 Å². The molecule has 0 bridgehead atoms. The van der Waals surface area contributed by atoms with Crippen LogP contribution in [0.1, 0.15) is 23.1 Å². The summed E-state index contributed by atoms with van der Waals surface area (Å²) in [5.74, 6) is 0. The van der Waals surface area contributed by atoms with Crippen molar-refractivity contribution >= 4 is 11.4 Å². The maximum Gasteiger partial charge on any atom is 0.272 e. The normalized spacial score (nSPS) is 15.3. The van der Waals surface area contributed by atoms with Crippen LogP contribution >= 0.6 is 0 Å². The average molecular weight is 350 g/mol. The third kappa shape index (κ3) is 3.84. The molecule has 3 rings (SSSR count). The maximum absolute atomic E-state index is 11.1. The molecule has 0 unspecified atom stereocenters. The fourth-order valence-electron chi connectivity index (χ4n) is 3.49. The van der Waals surface area contributed by atoms with Crippen LogP contribution in [0.2, 0.25) is 0 Å². The summed E-state index contributed by atoms with van der Waals surface area (Å²) in [5, 5.41) is 20.5. The topological polar surface area (TPSA) is 73.4 Å². The maximum atomic E-state index is 11.1. The van der Waals surface area contributed by atoms with Gasteiger partial charge in [0.1, 0.15) is 6.07 Å². The van der Waals surface area contributed by atoms with Crippen LogP contribution < -0.4 is 4.90 Å². The van der Waals surface area contributed by atoms with Crippen molar-refractivity contribution < 1.29 is 4.92 Å². The van der Waals surface area contributed by atoms with Crippen molar-refractivity contribution in [2.75, 3.05) is 31.1 Å². The van der Waals surface area contributed by atoms with Gasteiger partial charge in [-0.05, 0) is 31.0 Å². The lowest BCUT2D eigenvalue weighted by Gasteiger charge is -2.24. The smallest absolute Gasteiger partial charge is 0.272 e. The number of anilines is 1. The molecule has 0 atom stereocenters. The molecular formula is C20H22N4O2. The molecule has 6 nitrogen and oxygen atoms in total. The Hall–Kier alpha value is -2.91. The number of benzene rings is 2. The number of nitriles is 1. The summed E-state index contributed by atoms with van der Waals surface area (Å²) < 4.78 is 0. The van der Waals surface area contributed by atoms with Crippen LogP contribution in [0.5, 0.6) is 0 Å². The Morgan fingerprint density at radius 3 is 2.69 bits per heavy atom. The van der Waals surface area contributed by atoms with E-state index in [9.17, 15) is 15.4 Å². The molecule has 6 heteroatoms. The van der Waals surface area contributed by atoms with Gasteiger partial charge in [0.2, 0.25) is 0 Å². The minimum absolute atomic E-state index is 0.182. The highest BCUT2D eigenvalue weighted by Crippen LogP contribution is 2.24. The van der Waals surface area contributed by atoms with Crippen LogP contribution in [0, 0.1) is 28.4 Å². The van der Waals surface area contributed by atoms with Gasteiger partial charge in [0, 0.05) is 44.4 Å².